The minimum absolute atomic E-state index is 0.0443. The Bertz CT molecular complexity index is 1070. The highest BCUT2D eigenvalue weighted by Gasteiger charge is 2.40. The average Bonchev–Trinajstić information content (AvgIpc) is 3.47. The van der Waals surface area contributed by atoms with Crippen LogP contribution in [0.4, 0.5) is 0 Å². The van der Waals surface area contributed by atoms with Crippen LogP contribution in [0.15, 0.2) is 79.1 Å². The molecule has 0 aliphatic heterocycles. The zero-order chi connectivity index (χ0) is 21.4. The van der Waals surface area contributed by atoms with Gasteiger partial charge in [0.05, 0.1) is 5.16 Å². The zero-order valence-electron chi connectivity index (χ0n) is 17.9. The molecule has 2 unspecified atom stereocenters. The van der Waals surface area contributed by atoms with Gasteiger partial charge < -0.3 is 9.97 Å². The second kappa shape index (κ2) is 8.18. The van der Waals surface area contributed by atoms with Crippen molar-refractivity contribution in [2.24, 2.45) is 0 Å². The zero-order valence-corrected chi connectivity index (χ0v) is 20.2. The lowest BCUT2D eigenvalue weighted by molar-refractivity contribution is 0.577. The molecule has 0 spiro atoms. The minimum atomic E-state index is -0.410. The Balaban J connectivity index is 2.15. The van der Waals surface area contributed by atoms with Crippen molar-refractivity contribution >= 4 is 18.5 Å². The summed E-state index contributed by atoms with van der Waals surface area (Å²) in [6.45, 7) is 6.96. The van der Waals surface area contributed by atoms with Crippen LogP contribution in [0.1, 0.15) is 48.8 Å². The van der Waals surface area contributed by atoms with Crippen molar-refractivity contribution in [3.63, 3.8) is 0 Å². The van der Waals surface area contributed by atoms with Gasteiger partial charge in [-0.2, -0.15) is 0 Å². The molecule has 4 heteroatoms. The number of benzene rings is 2. The number of hydrogen-bond acceptors (Lipinski definition) is 0. The standard InChI is InChI=1S/C26H30N2P2/c1-25(2,3)24-20(18-9-5-4-6-10-18)14-13-19(17-29)23(24)26(30,21-11-7-15-27-21)22-12-8-16-28-22/h4-16,27-28H,17,29-30H2,1-3H3. The Morgan fingerprint density at radius 2 is 1.33 bits per heavy atom. The van der Waals surface area contributed by atoms with Gasteiger partial charge in [0.25, 0.3) is 0 Å². The summed E-state index contributed by atoms with van der Waals surface area (Å²) in [5.41, 5.74) is 8.89. The molecule has 4 aromatic rings. The number of rotatable bonds is 5. The molecule has 154 valence electrons. The van der Waals surface area contributed by atoms with Crippen molar-refractivity contribution in [2.75, 3.05) is 0 Å². The first kappa shape index (κ1) is 21.1. The van der Waals surface area contributed by atoms with Crippen LogP contribution in [0.3, 0.4) is 0 Å². The Labute approximate surface area is 184 Å². The van der Waals surface area contributed by atoms with Crippen LogP contribution in [-0.4, -0.2) is 9.97 Å². The third-order valence-electron chi connectivity index (χ3n) is 5.79. The quantitative estimate of drug-likeness (QED) is 0.323. The molecule has 2 aromatic carbocycles. The van der Waals surface area contributed by atoms with Crippen molar-refractivity contribution in [2.45, 2.75) is 37.5 Å². The lowest BCUT2D eigenvalue weighted by Gasteiger charge is -2.38. The van der Waals surface area contributed by atoms with Crippen molar-refractivity contribution in [1.82, 2.24) is 9.97 Å². The second-order valence-electron chi connectivity index (χ2n) is 8.82. The molecule has 30 heavy (non-hydrogen) atoms. The van der Waals surface area contributed by atoms with E-state index in [1.807, 2.05) is 12.4 Å². The molecular weight excluding hydrogens is 402 g/mol. The lowest BCUT2D eigenvalue weighted by atomic mass is 9.72. The molecule has 4 rings (SSSR count). The smallest absolute Gasteiger partial charge is 0.0894 e. The summed E-state index contributed by atoms with van der Waals surface area (Å²) < 4.78 is 0. The molecule has 2 nitrogen and oxygen atoms in total. The fourth-order valence-electron chi connectivity index (χ4n) is 4.47. The molecule has 0 radical (unpaired) electrons. The Morgan fingerprint density at radius 3 is 1.80 bits per heavy atom. The van der Waals surface area contributed by atoms with Crippen molar-refractivity contribution in [1.29, 1.82) is 0 Å². The monoisotopic (exact) mass is 432 g/mol. The van der Waals surface area contributed by atoms with Gasteiger partial charge in [-0.3, -0.25) is 0 Å². The first-order valence-corrected chi connectivity index (χ1v) is 11.8. The molecular formula is C26H30N2P2. The summed E-state index contributed by atoms with van der Waals surface area (Å²) >= 11 is 0. The van der Waals surface area contributed by atoms with Gasteiger partial charge in [-0.1, -0.05) is 63.2 Å². The fraction of sp³-hybridized carbons (Fsp3) is 0.231. The van der Waals surface area contributed by atoms with Crippen LogP contribution in [-0.2, 0) is 16.7 Å². The Kier molecular flexibility index (Phi) is 5.75. The maximum atomic E-state index is 3.51. The highest BCUT2D eigenvalue weighted by Crippen LogP contribution is 2.51. The number of hydrogen-bond donors (Lipinski definition) is 2. The molecule has 2 heterocycles. The van der Waals surface area contributed by atoms with E-state index in [2.05, 4.69) is 116 Å². The van der Waals surface area contributed by atoms with Gasteiger partial charge in [0.1, 0.15) is 0 Å². The molecule has 0 aliphatic carbocycles. The third-order valence-corrected chi connectivity index (χ3v) is 7.14. The largest absolute Gasteiger partial charge is 0.364 e. The molecule has 0 aliphatic rings. The Morgan fingerprint density at radius 1 is 0.733 bits per heavy atom. The van der Waals surface area contributed by atoms with Gasteiger partial charge in [0.15, 0.2) is 0 Å². The number of aromatic amines is 2. The van der Waals surface area contributed by atoms with Gasteiger partial charge in [0.2, 0.25) is 0 Å². The first-order chi connectivity index (χ1) is 14.4. The Hall–Kier alpha value is -2.14. The van der Waals surface area contributed by atoms with Crippen molar-refractivity contribution in [3.8, 4) is 11.1 Å². The number of H-pyrrole nitrogens is 2. The van der Waals surface area contributed by atoms with E-state index in [1.165, 1.54) is 27.8 Å². The van der Waals surface area contributed by atoms with Crippen LogP contribution in [0, 0.1) is 0 Å². The second-order valence-corrected chi connectivity index (χ2v) is 10.1. The molecule has 0 amide bonds. The summed E-state index contributed by atoms with van der Waals surface area (Å²) in [6.07, 6.45) is 4.91. The summed E-state index contributed by atoms with van der Waals surface area (Å²) in [7, 11) is 6.12. The third kappa shape index (κ3) is 3.58. The SMILES string of the molecule is CC(C)(C)c1c(-c2ccccc2)ccc(CP)c1C(P)(c1ccc[nH]1)c1ccc[nH]1. The molecule has 2 aromatic heterocycles. The van der Waals surface area contributed by atoms with E-state index < -0.39 is 5.16 Å². The van der Waals surface area contributed by atoms with E-state index in [0.717, 1.165) is 17.5 Å². The molecule has 0 saturated heterocycles. The first-order valence-electron chi connectivity index (χ1n) is 10.4. The van der Waals surface area contributed by atoms with E-state index in [4.69, 9.17) is 0 Å². The van der Waals surface area contributed by atoms with Gasteiger partial charge in [0, 0.05) is 23.8 Å². The molecule has 2 atom stereocenters. The predicted octanol–water partition coefficient (Wildman–Crippen LogP) is 6.85. The van der Waals surface area contributed by atoms with Crippen LogP contribution >= 0.6 is 18.5 Å². The van der Waals surface area contributed by atoms with E-state index in [9.17, 15) is 0 Å². The molecule has 0 saturated carbocycles. The maximum Gasteiger partial charge on any atom is 0.0894 e. The summed E-state index contributed by atoms with van der Waals surface area (Å²) in [4.78, 5) is 7.01. The van der Waals surface area contributed by atoms with Gasteiger partial charge in [-0.25, -0.2) is 0 Å². The number of aromatic nitrogens is 2. The van der Waals surface area contributed by atoms with Gasteiger partial charge in [-0.15, -0.1) is 18.5 Å². The van der Waals surface area contributed by atoms with Crippen LogP contribution in [0.2, 0.25) is 0 Å². The van der Waals surface area contributed by atoms with Crippen molar-refractivity contribution < 1.29 is 0 Å². The maximum absolute atomic E-state index is 3.51. The highest BCUT2D eigenvalue weighted by molar-refractivity contribution is 7.19. The van der Waals surface area contributed by atoms with Crippen molar-refractivity contribution in [3.05, 3.63) is 107 Å². The normalized spacial score (nSPS) is 12.3. The van der Waals surface area contributed by atoms with Gasteiger partial charge in [-0.05, 0) is 63.7 Å². The van der Waals surface area contributed by atoms with E-state index >= 15 is 0 Å². The van der Waals surface area contributed by atoms with Crippen LogP contribution < -0.4 is 0 Å². The van der Waals surface area contributed by atoms with E-state index in [1.54, 1.807) is 0 Å². The minimum Gasteiger partial charge on any atom is -0.364 e. The van der Waals surface area contributed by atoms with E-state index in [0.29, 0.717) is 0 Å². The van der Waals surface area contributed by atoms with Gasteiger partial charge >= 0.3 is 0 Å². The molecule has 2 N–H and O–H groups in total. The fourth-order valence-corrected chi connectivity index (χ4v) is 5.50. The average molecular weight is 432 g/mol. The van der Waals surface area contributed by atoms with Crippen LogP contribution in [0.25, 0.3) is 11.1 Å². The summed E-state index contributed by atoms with van der Waals surface area (Å²) in [5.74, 6) is 0. The topological polar surface area (TPSA) is 31.6 Å². The highest BCUT2D eigenvalue weighted by atomic mass is 31.0. The molecule has 0 fully saturated rings. The number of nitrogens with one attached hydrogen (secondary N) is 2. The summed E-state index contributed by atoms with van der Waals surface area (Å²) in [5, 5.41) is -0.410. The molecule has 0 bridgehead atoms. The van der Waals surface area contributed by atoms with Crippen LogP contribution in [0.5, 0.6) is 0 Å². The predicted molar refractivity (Wildman–Crippen MR) is 135 cm³/mol. The van der Waals surface area contributed by atoms with E-state index in [-0.39, 0.29) is 5.41 Å². The lowest BCUT2D eigenvalue weighted by Crippen LogP contribution is -2.30. The summed E-state index contributed by atoms with van der Waals surface area (Å²) in [6, 6.07) is 23.9.